The number of carbonyl (C=O) groups is 1. The molecule has 0 unspecified atom stereocenters. The average molecular weight is 244 g/mol. The van der Waals surface area contributed by atoms with Crippen molar-refractivity contribution < 1.29 is 9.53 Å². The molecular formula is C12H12N4O2. The first-order chi connectivity index (χ1) is 8.79. The van der Waals surface area contributed by atoms with Crippen molar-refractivity contribution in [2.75, 3.05) is 18.6 Å². The molecular weight excluding hydrogens is 232 g/mol. The third kappa shape index (κ3) is 1.62. The first-order valence-electron chi connectivity index (χ1n) is 5.65. The van der Waals surface area contributed by atoms with Crippen molar-refractivity contribution >= 4 is 17.6 Å². The van der Waals surface area contributed by atoms with Crippen LogP contribution in [0, 0.1) is 0 Å². The number of para-hydroxylation sites is 1. The molecule has 0 aliphatic carbocycles. The molecule has 0 bridgehead atoms. The number of methoxy groups -OCH3 is 1. The number of nitrogens with zero attached hydrogens (tertiary/aromatic N) is 4. The Labute approximate surface area is 104 Å². The number of ether oxygens (including phenoxy) is 1. The Morgan fingerprint density at radius 1 is 1.28 bits per heavy atom. The molecule has 1 aliphatic rings. The zero-order valence-electron chi connectivity index (χ0n) is 9.91. The fraction of sp³-hybridized carbons (Fsp3) is 0.250. The Morgan fingerprint density at radius 2 is 2.06 bits per heavy atom. The molecule has 1 aliphatic heterocycles. The van der Waals surface area contributed by atoms with E-state index in [1.165, 1.54) is 7.11 Å². The van der Waals surface area contributed by atoms with Crippen LogP contribution in [0.25, 0.3) is 0 Å². The van der Waals surface area contributed by atoms with Gasteiger partial charge in [0, 0.05) is 12.2 Å². The second-order valence-corrected chi connectivity index (χ2v) is 3.94. The van der Waals surface area contributed by atoms with Crippen LogP contribution in [-0.2, 0) is 11.3 Å². The number of hydrogen-bond acceptors (Lipinski definition) is 5. The zero-order valence-corrected chi connectivity index (χ0v) is 9.91. The summed E-state index contributed by atoms with van der Waals surface area (Å²) < 4.78 is 6.34. The largest absolute Gasteiger partial charge is 0.463 e. The summed E-state index contributed by atoms with van der Waals surface area (Å²) in [5.41, 5.74) is 1.04. The van der Waals surface area contributed by atoms with Crippen molar-refractivity contribution in [1.82, 2.24) is 14.8 Å². The van der Waals surface area contributed by atoms with Gasteiger partial charge in [-0.05, 0) is 12.1 Å². The normalized spacial score (nSPS) is 13.5. The summed E-state index contributed by atoms with van der Waals surface area (Å²) in [7, 11) is 1.32. The highest BCUT2D eigenvalue weighted by molar-refractivity contribution is 5.85. The Morgan fingerprint density at radius 3 is 2.78 bits per heavy atom. The Bertz CT molecular complexity index is 579. The fourth-order valence-corrected chi connectivity index (χ4v) is 2.01. The van der Waals surface area contributed by atoms with Crippen LogP contribution in [0.3, 0.4) is 0 Å². The van der Waals surface area contributed by atoms with E-state index >= 15 is 0 Å². The lowest BCUT2D eigenvalue weighted by atomic mass is 10.3. The van der Waals surface area contributed by atoms with Crippen LogP contribution >= 0.6 is 0 Å². The van der Waals surface area contributed by atoms with Gasteiger partial charge in [-0.25, -0.2) is 9.48 Å². The van der Waals surface area contributed by atoms with Gasteiger partial charge in [-0.3, -0.25) is 0 Å². The maximum Gasteiger partial charge on any atom is 0.378 e. The van der Waals surface area contributed by atoms with Crippen LogP contribution in [0.5, 0.6) is 0 Å². The molecule has 6 heteroatoms. The smallest absolute Gasteiger partial charge is 0.378 e. The minimum atomic E-state index is -0.509. The highest BCUT2D eigenvalue weighted by atomic mass is 16.5. The molecule has 3 rings (SSSR count). The van der Waals surface area contributed by atoms with Gasteiger partial charge < -0.3 is 9.64 Å². The van der Waals surface area contributed by atoms with Crippen LogP contribution in [0.4, 0.5) is 11.6 Å². The van der Waals surface area contributed by atoms with Gasteiger partial charge in [0.05, 0.1) is 13.7 Å². The molecule has 0 radical (unpaired) electrons. The zero-order chi connectivity index (χ0) is 12.5. The number of carbonyl (C=O) groups excluding carboxylic acids is 1. The van der Waals surface area contributed by atoms with Crippen molar-refractivity contribution in [3.63, 3.8) is 0 Å². The predicted octanol–water partition coefficient (Wildman–Crippen LogP) is 1.22. The Balaban J connectivity index is 1.97. The third-order valence-corrected chi connectivity index (χ3v) is 2.86. The number of rotatable bonds is 2. The van der Waals surface area contributed by atoms with Crippen LogP contribution < -0.4 is 4.90 Å². The molecule has 0 spiro atoms. The topological polar surface area (TPSA) is 60.2 Å². The van der Waals surface area contributed by atoms with Gasteiger partial charge in [-0.2, -0.15) is 4.98 Å². The van der Waals surface area contributed by atoms with E-state index in [0.29, 0.717) is 12.5 Å². The second kappa shape index (κ2) is 4.14. The van der Waals surface area contributed by atoms with E-state index in [1.54, 1.807) is 4.68 Å². The minimum absolute atomic E-state index is 0.105. The predicted molar refractivity (Wildman–Crippen MR) is 64.8 cm³/mol. The number of hydrogen-bond donors (Lipinski definition) is 0. The Hall–Kier alpha value is -2.37. The van der Waals surface area contributed by atoms with Gasteiger partial charge in [0.25, 0.3) is 5.82 Å². The van der Waals surface area contributed by atoms with Crippen LogP contribution in [0.2, 0.25) is 0 Å². The quantitative estimate of drug-likeness (QED) is 0.743. The maximum absolute atomic E-state index is 11.4. The summed E-state index contributed by atoms with van der Waals surface area (Å²) in [6.45, 7) is 1.52. The molecule has 2 heterocycles. The van der Waals surface area contributed by atoms with Crippen LogP contribution in [0.1, 0.15) is 10.6 Å². The fourth-order valence-electron chi connectivity index (χ4n) is 2.01. The van der Waals surface area contributed by atoms with Gasteiger partial charge in [0.15, 0.2) is 0 Å². The molecule has 0 amide bonds. The SMILES string of the molecule is COC(=O)c1nc2n(n1)CCN2c1ccccc1. The monoisotopic (exact) mass is 244 g/mol. The molecule has 92 valence electrons. The number of anilines is 2. The van der Waals surface area contributed by atoms with Crippen molar-refractivity contribution in [2.24, 2.45) is 0 Å². The summed E-state index contributed by atoms with van der Waals surface area (Å²) >= 11 is 0. The molecule has 1 aromatic carbocycles. The molecule has 0 saturated carbocycles. The number of esters is 1. The van der Waals surface area contributed by atoms with E-state index in [9.17, 15) is 4.79 Å². The lowest BCUT2D eigenvalue weighted by molar-refractivity contribution is 0.0586. The van der Waals surface area contributed by atoms with Crippen molar-refractivity contribution in [2.45, 2.75) is 6.54 Å². The molecule has 1 aromatic heterocycles. The molecule has 2 aromatic rings. The minimum Gasteiger partial charge on any atom is -0.463 e. The van der Waals surface area contributed by atoms with E-state index < -0.39 is 5.97 Å². The van der Waals surface area contributed by atoms with Gasteiger partial charge in [-0.1, -0.05) is 18.2 Å². The molecule has 0 atom stereocenters. The summed E-state index contributed by atoms with van der Waals surface area (Å²) in [6.07, 6.45) is 0. The van der Waals surface area contributed by atoms with Crippen molar-refractivity contribution in [1.29, 1.82) is 0 Å². The van der Waals surface area contributed by atoms with Gasteiger partial charge in [-0.15, -0.1) is 5.10 Å². The first kappa shape index (κ1) is 10.8. The summed E-state index contributed by atoms with van der Waals surface area (Å²) in [6, 6.07) is 9.90. The van der Waals surface area contributed by atoms with Gasteiger partial charge in [0.2, 0.25) is 5.95 Å². The van der Waals surface area contributed by atoms with E-state index in [2.05, 4.69) is 14.8 Å². The van der Waals surface area contributed by atoms with Gasteiger partial charge >= 0.3 is 5.97 Å². The molecule has 18 heavy (non-hydrogen) atoms. The van der Waals surface area contributed by atoms with E-state index in [4.69, 9.17) is 0 Å². The van der Waals surface area contributed by atoms with E-state index in [1.807, 2.05) is 35.2 Å². The number of aromatic nitrogens is 3. The number of benzene rings is 1. The van der Waals surface area contributed by atoms with Crippen LogP contribution in [-0.4, -0.2) is 34.4 Å². The molecule has 0 N–H and O–H groups in total. The van der Waals surface area contributed by atoms with E-state index in [0.717, 1.165) is 12.2 Å². The van der Waals surface area contributed by atoms with Crippen LogP contribution in [0.15, 0.2) is 30.3 Å². The number of fused-ring (bicyclic) bond motifs is 1. The van der Waals surface area contributed by atoms with Crippen molar-refractivity contribution in [3.05, 3.63) is 36.2 Å². The Kier molecular flexibility index (Phi) is 2.47. The summed E-state index contributed by atoms with van der Waals surface area (Å²) in [5, 5.41) is 4.13. The standard InChI is InChI=1S/C12H12N4O2/c1-18-11(17)10-13-12-15(7-8-16(12)14-10)9-5-3-2-4-6-9/h2-6H,7-8H2,1H3. The second-order valence-electron chi connectivity index (χ2n) is 3.94. The highest BCUT2D eigenvalue weighted by Crippen LogP contribution is 2.27. The highest BCUT2D eigenvalue weighted by Gasteiger charge is 2.26. The lowest BCUT2D eigenvalue weighted by Gasteiger charge is -2.14. The third-order valence-electron chi connectivity index (χ3n) is 2.86. The lowest BCUT2D eigenvalue weighted by Crippen LogP contribution is -2.15. The van der Waals surface area contributed by atoms with E-state index in [-0.39, 0.29) is 5.82 Å². The summed E-state index contributed by atoms with van der Waals surface area (Å²) in [5.74, 6) is 0.277. The van der Waals surface area contributed by atoms with Gasteiger partial charge in [0.1, 0.15) is 0 Å². The first-order valence-corrected chi connectivity index (χ1v) is 5.65. The average Bonchev–Trinajstić information content (AvgIpc) is 2.98. The summed E-state index contributed by atoms with van der Waals surface area (Å²) in [4.78, 5) is 17.6. The van der Waals surface area contributed by atoms with Crippen molar-refractivity contribution in [3.8, 4) is 0 Å². The molecule has 0 saturated heterocycles. The molecule has 6 nitrogen and oxygen atoms in total. The molecule has 0 fully saturated rings. The maximum atomic E-state index is 11.4.